The fourth-order valence-electron chi connectivity index (χ4n) is 0.909. The first kappa shape index (κ1) is 11.4. The van der Waals surface area contributed by atoms with Gasteiger partial charge in [-0.25, -0.2) is 0 Å². The van der Waals surface area contributed by atoms with Crippen molar-refractivity contribution < 1.29 is 4.79 Å². The number of amides is 1. The first-order valence-electron chi connectivity index (χ1n) is 4.18. The molecule has 0 aromatic heterocycles. The van der Waals surface area contributed by atoms with E-state index < -0.39 is 0 Å². The summed E-state index contributed by atoms with van der Waals surface area (Å²) in [6, 6.07) is 0.183. The van der Waals surface area contributed by atoms with Crippen LogP contribution >= 0.6 is 0 Å². The van der Waals surface area contributed by atoms with E-state index >= 15 is 0 Å². The predicted molar refractivity (Wildman–Crippen MR) is 49.8 cm³/mol. The number of carbonyl (C=O) groups excluding carboxylic acids is 1. The molecule has 0 aliphatic carbocycles. The highest BCUT2D eigenvalue weighted by atomic mass is 16.1. The quantitative estimate of drug-likeness (QED) is 0.564. The van der Waals surface area contributed by atoms with Crippen molar-refractivity contribution in [3.05, 3.63) is 0 Å². The molecule has 12 heavy (non-hydrogen) atoms. The van der Waals surface area contributed by atoms with Crippen molar-refractivity contribution in [2.45, 2.75) is 19.4 Å². The average Bonchev–Trinajstić information content (AvgIpc) is 1.84. The van der Waals surface area contributed by atoms with Gasteiger partial charge in [0.1, 0.15) is 0 Å². The number of likely N-dealkylation sites (N-methyl/N-ethyl adjacent to an activating group) is 1. The molecule has 0 heterocycles. The van der Waals surface area contributed by atoms with E-state index in [9.17, 15) is 4.79 Å². The Bertz CT molecular complexity index is 136. The number of nitrogens with one attached hydrogen (secondary N) is 1. The minimum atomic E-state index is -0.250. The second kappa shape index (κ2) is 5.97. The van der Waals surface area contributed by atoms with Gasteiger partial charge in [0.25, 0.3) is 0 Å². The van der Waals surface area contributed by atoms with Crippen LogP contribution in [0.3, 0.4) is 0 Å². The van der Waals surface area contributed by atoms with Crippen LogP contribution in [0, 0.1) is 0 Å². The second-order valence-electron chi connectivity index (χ2n) is 3.33. The molecule has 0 rings (SSSR count). The van der Waals surface area contributed by atoms with Crippen molar-refractivity contribution in [2.75, 3.05) is 27.2 Å². The summed E-state index contributed by atoms with van der Waals surface area (Å²) in [4.78, 5) is 12.6. The Morgan fingerprint density at radius 3 is 2.58 bits per heavy atom. The monoisotopic (exact) mass is 173 g/mol. The van der Waals surface area contributed by atoms with Crippen LogP contribution in [0.2, 0.25) is 0 Å². The molecule has 1 amide bonds. The molecule has 0 aliphatic rings. The lowest BCUT2D eigenvalue weighted by Crippen LogP contribution is -2.35. The molecule has 0 radical (unpaired) electrons. The lowest BCUT2D eigenvalue weighted by molar-refractivity contribution is -0.118. The summed E-state index contributed by atoms with van der Waals surface area (Å²) in [6.45, 7) is 3.82. The normalized spacial score (nSPS) is 13.3. The molecule has 0 saturated carbocycles. The number of carbonyl (C=O) groups is 1. The molecule has 0 aliphatic heterocycles. The van der Waals surface area contributed by atoms with Crippen LogP contribution in [0.5, 0.6) is 0 Å². The van der Waals surface area contributed by atoms with Crippen molar-refractivity contribution in [3.8, 4) is 0 Å². The van der Waals surface area contributed by atoms with Crippen LogP contribution in [0.15, 0.2) is 0 Å². The van der Waals surface area contributed by atoms with E-state index in [0.717, 1.165) is 13.1 Å². The summed E-state index contributed by atoms with van der Waals surface area (Å²) in [5.74, 6) is -0.250. The summed E-state index contributed by atoms with van der Waals surface area (Å²) in [7, 11) is 4.03. The van der Waals surface area contributed by atoms with Crippen molar-refractivity contribution in [3.63, 3.8) is 0 Å². The number of rotatable bonds is 6. The van der Waals surface area contributed by atoms with Gasteiger partial charge < -0.3 is 16.0 Å². The summed E-state index contributed by atoms with van der Waals surface area (Å²) < 4.78 is 0. The Morgan fingerprint density at radius 1 is 1.58 bits per heavy atom. The van der Waals surface area contributed by atoms with Crippen LogP contribution in [0.25, 0.3) is 0 Å². The number of nitrogens with zero attached hydrogens (tertiary/aromatic N) is 1. The highest BCUT2D eigenvalue weighted by Crippen LogP contribution is 1.87. The third kappa shape index (κ3) is 7.50. The van der Waals surface area contributed by atoms with Gasteiger partial charge in [-0.1, -0.05) is 0 Å². The average molecular weight is 173 g/mol. The summed E-state index contributed by atoms with van der Waals surface area (Å²) in [6.07, 6.45) is 0.410. The lowest BCUT2D eigenvalue weighted by Gasteiger charge is -2.14. The fourth-order valence-corrected chi connectivity index (χ4v) is 0.909. The van der Waals surface area contributed by atoms with Gasteiger partial charge in [-0.05, 0) is 21.0 Å². The second-order valence-corrected chi connectivity index (χ2v) is 3.33. The summed E-state index contributed by atoms with van der Waals surface area (Å²) in [5.41, 5.74) is 5.04. The third-order valence-electron chi connectivity index (χ3n) is 1.56. The molecule has 0 fully saturated rings. The smallest absolute Gasteiger partial charge is 0.218 e. The molecule has 4 heteroatoms. The molecule has 72 valence electrons. The number of hydrogen-bond donors (Lipinski definition) is 2. The largest absolute Gasteiger partial charge is 0.370 e. The molecule has 0 bridgehead atoms. The Kier molecular flexibility index (Phi) is 5.66. The molecular formula is C8H19N3O. The maximum Gasteiger partial charge on any atom is 0.218 e. The zero-order valence-electron chi connectivity index (χ0n) is 8.13. The van der Waals surface area contributed by atoms with Gasteiger partial charge >= 0.3 is 0 Å². The Labute approximate surface area is 74.1 Å². The van der Waals surface area contributed by atoms with Crippen molar-refractivity contribution in [2.24, 2.45) is 5.73 Å². The summed E-state index contributed by atoms with van der Waals surface area (Å²) >= 11 is 0. The molecule has 0 aromatic carbocycles. The van der Waals surface area contributed by atoms with E-state index in [2.05, 4.69) is 10.2 Å². The zero-order valence-corrected chi connectivity index (χ0v) is 8.13. The lowest BCUT2D eigenvalue weighted by atomic mass is 10.2. The van der Waals surface area contributed by atoms with E-state index in [1.54, 1.807) is 0 Å². The van der Waals surface area contributed by atoms with Gasteiger partial charge in [0.15, 0.2) is 0 Å². The first-order chi connectivity index (χ1) is 5.52. The first-order valence-corrected chi connectivity index (χ1v) is 4.18. The molecule has 4 nitrogen and oxygen atoms in total. The standard InChI is InChI=1S/C8H19N3O/c1-7(6-8(9)12)10-4-5-11(2)3/h7,10H,4-6H2,1-3H3,(H2,9,12). The number of hydrogen-bond acceptors (Lipinski definition) is 3. The van der Waals surface area contributed by atoms with Crippen LogP contribution in [0.4, 0.5) is 0 Å². The third-order valence-corrected chi connectivity index (χ3v) is 1.56. The fraction of sp³-hybridized carbons (Fsp3) is 0.875. The maximum absolute atomic E-state index is 10.5. The predicted octanol–water partition coefficient (Wildman–Crippen LogP) is -0.598. The van der Waals surface area contributed by atoms with E-state index in [1.807, 2.05) is 21.0 Å². The Hall–Kier alpha value is -0.610. The van der Waals surface area contributed by atoms with Crippen LogP contribution in [-0.4, -0.2) is 44.0 Å². The number of nitrogens with two attached hydrogens (primary N) is 1. The number of primary amides is 1. The van der Waals surface area contributed by atoms with Crippen molar-refractivity contribution in [1.29, 1.82) is 0 Å². The minimum Gasteiger partial charge on any atom is -0.370 e. The topological polar surface area (TPSA) is 58.4 Å². The molecule has 0 saturated heterocycles. The van der Waals surface area contributed by atoms with Gasteiger partial charge in [0.05, 0.1) is 0 Å². The minimum absolute atomic E-state index is 0.183. The molecule has 1 unspecified atom stereocenters. The van der Waals surface area contributed by atoms with Crippen molar-refractivity contribution in [1.82, 2.24) is 10.2 Å². The molecule has 0 aromatic rings. The van der Waals surface area contributed by atoms with E-state index in [0.29, 0.717) is 6.42 Å². The van der Waals surface area contributed by atoms with Gasteiger partial charge in [-0.2, -0.15) is 0 Å². The van der Waals surface area contributed by atoms with Crippen LogP contribution < -0.4 is 11.1 Å². The highest BCUT2D eigenvalue weighted by Gasteiger charge is 2.03. The van der Waals surface area contributed by atoms with Gasteiger partial charge in [-0.3, -0.25) is 4.79 Å². The molecule has 0 spiro atoms. The maximum atomic E-state index is 10.5. The highest BCUT2D eigenvalue weighted by molar-refractivity contribution is 5.74. The van der Waals surface area contributed by atoms with Gasteiger partial charge in [0.2, 0.25) is 5.91 Å². The van der Waals surface area contributed by atoms with Crippen molar-refractivity contribution >= 4 is 5.91 Å². The Balaban J connectivity index is 3.31. The van der Waals surface area contributed by atoms with Crippen LogP contribution in [-0.2, 0) is 4.79 Å². The van der Waals surface area contributed by atoms with Crippen LogP contribution in [0.1, 0.15) is 13.3 Å². The molecular weight excluding hydrogens is 154 g/mol. The summed E-state index contributed by atoms with van der Waals surface area (Å²) in [5, 5.41) is 3.20. The van der Waals surface area contributed by atoms with E-state index in [4.69, 9.17) is 5.73 Å². The van der Waals surface area contributed by atoms with E-state index in [-0.39, 0.29) is 11.9 Å². The van der Waals surface area contributed by atoms with E-state index in [1.165, 1.54) is 0 Å². The zero-order chi connectivity index (χ0) is 9.56. The molecule has 1 atom stereocenters. The van der Waals surface area contributed by atoms with Gasteiger partial charge in [-0.15, -0.1) is 0 Å². The molecule has 3 N–H and O–H groups in total. The Morgan fingerprint density at radius 2 is 2.17 bits per heavy atom. The van der Waals surface area contributed by atoms with Gasteiger partial charge in [0, 0.05) is 25.6 Å². The SMILES string of the molecule is CC(CC(N)=O)NCCN(C)C.